The molecule has 2 aliphatic rings. The van der Waals surface area contributed by atoms with E-state index in [4.69, 9.17) is 9.47 Å². The third-order valence-corrected chi connectivity index (χ3v) is 5.84. The normalized spacial score (nSPS) is 16.7. The predicted octanol–water partition coefficient (Wildman–Crippen LogP) is 3.29. The fraction of sp³-hybridized carbons (Fsp3) is 0.391. The summed E-state index contributed by atoms with van der Waals surface area (Å²) in [6, 6.07) is 13.5. The number of nitrogens with zero attached hydrogens (tertiary/aromatic N) is 1. The molecular formula is C23H26N2O4. The highest BCUT2D eigenvalue weighted by molar-refractivity contribution is 6.03. The Morgan fingerprint density at radius 2 is 1.93 bits per heavy atom. The maximum atomic E-state index is 13.2. The Hall–Kier alpha value is -2.86. The van der Waals surface area contributed by atoms with E-state index in [1.165, 1.54) is 7.11 Å². The smallest absolute Gasteiger partial charge is 0.252 e. The monoisotopic (exact) mass is 394 g/mol. The van der Waals surface area contributed by atoms with E-state index in [2.05, 4.69) is 5.32 Å². The lowest BCUT2D eigenvalue weighted by atomic mass is 9.93. The molecule has 0 unspecified atom stereocenters. The number of methoxy groups -OCH3 is 2. The van der Waals surface area contributed by atoms with Gasteiger partial charge in [-0.3, -0.25) is 9.59 Å². The van der Waals surface area contributed by atoms with Crippen molar-refractivity contribution in [2.75, 3.05) is 37.6 Å². The Balaban J connectivity index is 1.58. The fourth-order valence-corrected chi connectivity index (χ4v) is 4.15. The Kier molecular flexibility index (Phi) is 5.28. The number of amides is 2. The van der Waals surface area contributed by atoms with Crippen LogP contribution in [0.5, 0.6) is 5.75 Å². The minimum absolute atomic E-state index is 0.0347. The summed E-state index contributed by atoms with van der Waals surface area (Å²) >= 11 is 0. The fourth-order valence-electron chi connectivity index (χ4n) is 4.15. The van der Waals surface area contributed by atoms with Crippen LogP contribution in [0.1, 0.15) is 30.4 Å². The number of anilines is 2. The van der Waals surface area contributed by atoms with Crippen LogP contribution in [0, 0.1) is 0 Å². The van der Waals surface area contributed by atoms with Crippen LogP contribution in [0.2, 0.25) is 0 Å². The van der Waals surface area contributed by atoms with Gasteiger partial charge in [0.2, 0.25) is 5.91 Å². The molecule has 1 N–H and O–H groups in total. The molecule has 0 radical (unpaired) electrons. The zero-order valence-corrected chi connectivity index (χ0v) is 16.9. The van der Waals surface area contributed by atoms with E-state index in [0.717, 1.165) is 48.2 Å². The average Bonchev–Trinajstić information content (AvgIpc) is 3.55. The van der Waals surface area contributed by atoms with Gasteiger partial charge in [-0.15, -0.1) is 0 Å². The van der Waals surface area contributed by atoms with Crippen molar-refractivity contribution in [2.45, 2.75) is 31.1 Å². The Morgan fingerprint density at radius 1 is 1.14 bits per heavy atom. The highest BCUT2D eigenvalue weighted by atomic mass is 16.5. The molecule has 1 aliphatic heterocycles. The van der Waals surface area contributed by atoms with Crippen molar-refractivity contribution in [3.05, 3.63) is 53.6 Å². The molecule has 29 heavy (non-hydrogen) atoms. The molecule has 6 heteroatoms. The van der Waals surface area contributed by atoms with Gasteiger partial charge < -0.3 is 19.7 Å². The van der Waals surface area contributed by atoms with Crippen LogP contribution in [-0.4, -0.2) is 39.2 Å². The van der Waals surface area contributed by atoms with E-state index < -0.39 is 5.41 Å². The van der Waals surface area contributed by atoms with Crippen LogP contribution in [0.4, 0.5) is 11.4 Å². The number of ether oxygens (including phenoxy) is 2. The first-order chi connectivity index (χ1) is 14.1. The minimum Gasteiger partial charge on any atom is -0.496 e. The van der Waals surface area contributed by atoms with Crippen LogP contribution < -0.4 is 15.0 Å². The van der Waals surface area contributed by atoms with Gasteiger partial charge in [0.05, 0.1) is 12.5 Å². The number of benzene rings is 2. The summed E-state index contributed by atoms with van der Waals surface area (Å²) in [5.41, 5.74) is 3.05. The van der Waals surface area contributed by atoms with E-state index >= 15 is 0 Å². The average molecular weight is 394 g/mol. The van der Waals surface area contributed by atoms with E-state index in [9.17, 15) is 9.59 Å². The lowest BCUT2D eigenvalue weighted by Gasteiger charge is -2.30. The van der Waals surface area contributed by atoms with Crippen LogP contribution in [0.3, 0.4) is 0 Å². The van der Waals surface area contributed by atoms with Gasteiger partial charge in [-0.1, -0.05) is 24.3 Å². The summed E-state index contributed by atoms with van der Waals surface area (Å²) < 4.78 is 10.5. The highest BCUT2D eigenvalue weighted by Crippen LogP contribution is 2.52. The molecule has 1 heterocycles. The van der Waals surface area contributed by atoms with Gasteiger partial charge in [-0.25, -0.2) is 0 Å². The third-order valence-electron chi connectivity index (χ3n) is 5.84. The molecule has 0 spiro atoms. The van der Waals surface area contributed by atoms with Crippen molar-refractivity contribution in [1.82, 2.24) is 0 Å². The van der Waals surface area contributed by atoms with Gasteiger partial charge in [-0.05, 0) is 49.4 Å². The first-order valence-corrected chi connectivity index (χ1v) is 9.96. The van der Waals surface area contributed by atoms with Gasteiger partial charge in [0.25, 0.3) is 5.91 Å². The molecule has 4 rings (SSSR count). The molecule has 2 aromatic carbocycles. The van der Waals surface area contributed by atoms with Gasteiger partial charge in [0.1, 0.15) is 12.4 Å². The number of fused-ring (bicyclic) bond motifs is 1. The second kappa shape index (κ2) is 7.87. The zero-order valence-electron chi connectivity index (χ0n) is 16.9. The standard InChI is InChI=1S/C23H26N2O4/c1-28-15-21(26)25-13-5-6-16-9-10-17(14-19(16)25)24-22(27)23(11-12-23)18-7-3-4-8-20(18)29-2/h3-4,7-10,14H,5-6,11-13,15H2,1-2H3,(H,24,27). The number of para-hydroxylation sites is 1. The summed E-state index contributed by atoms with van der Waals surface area (Å²) in [5, 5.41) is 3.07. The Morgan fingerprint density at radius 3 is 2.66 bits per heavy atom. The number of hydrogen-bond donors (Lipinski definition) is 1. The number of carbonyl (C=O) groups excluding carboxylic acids is 2. The van der Waals surface area contributed by atoms with Crippen molar-refractivity contribution in [2.24, 2.45) is 0 Å². The topological polar surface area (TPSA) is 67.9 Å². The second-order valence-corrected chi connectivity index (χ2v) is 7.66. The maximum absolute atomic E-state index is 13.2. The lowest BCUT2D eigenvalue weighted by Crippen LogP contribution is -2.37. The SMILES string of the molecule is COCC(=O)N1CCCc2ccc(NC(=O)C3(c4ccccc4OC)CC3)cc21. The van der Waals surface area contributed by atoms with Crippen molar-refractivity contribution < 1.29 is 19.1 Å². The number of aryl methyl sites for hydroxylation is 1. The third kappa shape index (κ3) is 3.60. The molecule has 1 saturated carbocycles. The number of carbonyl (C=O) groups is 2. The molecule has 1 fully saturated rings. The summed E-state index contributed by atoms with van der Waals surface area (Å²) in [5.74, 6) is 0.638. The number of hydrogen-bond acceptors (Lipinski definition) is 4. The first kappa shape index (κ1) is 19.5. The molecule has 1 aliphatic carbocycles. The Bertz CT molecular complexity index is 936. The molecule has 0 aromatic heterocycles. The first-order valence-electron chi connectivity index (χ1n) is 9.96. The van der Waals surface area contributed by atoms with Crippen LogP contribution in [0.25, 0.3) is 0 Å². The van der Waals surface area contributed by atoms with Crippen LogP contribution >= 0.6 is 0 Å². The van der Waals surface area contributed by atoms with Crippen LogP contribution in [-0.2, 0) is 26.2 Å². The molecule has 0 atom stereocenters. The quantitative estimate of drug-likeness (QED) is 0.816. The zero-order chi connectivity index (χ0) is 20.4. The van der Waals surface area contributed by atoms with Gasteiger partial charge in [0.15, 0.2) is 0 Å². The molecule has 6 nitrogen and oxygen atoms in total. The highest BCUT2D eigenvalue weighted by Gasteiger charge is 2.52. The van der Waals surface area contributed by atoms with Crippen molar-refractivity contribution in [3.63, 3.8) is 0 Å². The van der Waals surface area contributed by atoms with Crippen molar-refractivity contribution >= 4 is 23.2 Å². The Labute approximate surface area is 170 Å². The largest absolute Gasteiger partial charge is 0.496 e. The summed E-state index contributed by atoms with van der Waals surface area (Å²) in [7, 11) is 3.15. The summed E-state index contributed by atoms with van der Waals surface area (Å²) in [6.45, 7) is 0.713. The number of nitrogens with one attached hydrogen (secondary N) is 1. The molecule has 2 aromatic rings. The summed E-state index contributed by atoms with van der Waals surface area (Å²) in [6.07, 6.45) is 3.43. The van der Waals surface area contributed by atoms with Gasteiger partial charge in [0, 0.05) is 30.6 Å². The molecule has 152 valence electrons. The minimum atomic E-state index is -0.548. The lowest BCUT2D eigenvalue weighted by molar-refractivity contribution is -0.122. The molecule has 0 saturated heterocycles. The predicted molar refractivity (Wildman–Crippen MR) is 112 cm³/mol. The summed E-state index contributed by atoms with van der Waals surface area (Å²) in [4.78, 5) is 27.4. The van der Waals surface area contributed by atoms with Crippen molar-refractivity contribution in [3.8, 4) is 5.75 Å². The second-order valence-electron chi connectivity index (χ2n) is 7.66. The van der Waals surface area contributed by atoms with Crippen LogP contribution in [0.15, 0.2) is 42.5 Å². The van der Waals surface area contributed by atoms with Crippen molar-refractivity contribution in [1.29, 1.82) is 0 Å². The van der Waals surface area contributed by atoms with E-state index in [1.54, 1.807) is 12.0 Å². The van der Waals surface area contributed by atoms with Gasteiger partial charge >= 0.3 is 0 Å². The van der Waals surface area contributed by atoms with E-state index in [0.29, 0.717) is 12.2 Å². The van der Waals surface area contributed by atoms with E-state index in [-0.39, 0.29) is 18.4 Å². The molecule has 0 bridgehead atoms. The number of rotatable bonds is 6. The molecule has 2 amide bonds. The molecular weight excluding hydrogens is 368 g/mol. The van der Waals surface area contributed by atoms with Gasteiger partial charge in [-0.2, -0.15) is 0 Å². The van der Waals surface area contributed by atoms with E-state index in [1.807, 2.05) is 42.5 Å². The maximum Gasteiger partial charge on any atom is 0.252 e.